The first-order valence-electron chi connectivity index (χ1n) is 10.9. The van der Waals surface area contributed by atoms with Gasteiger partial charge in [0.1, 0.15) is 18.9 Å². The van der Waals surface area contributed by atoms with Gasteiger partial charge in [0, 0.05) is 5.02 Å². The smallest absolute Gasteiger partial charge is 0.264 e. The molecule has 8 heteroatoms. The van der Waals surface area contributed by atoms with Crippen molar-refractivity contribution in [3.63, 3.8) is 0 Å². The largest absolute Gasteiger partial charge is 0.491 e. The van der Waals surface area contributed by atoms with Crippen LogP contribution < -0.4 is 14.4 Å². The van der Waals surface area contributed by atoms with E-state index in [2.05, 4.69) is 5.32 Å². The Morgan fingerprint density at radius 2 is 1.59 bits per heavy atom. The van der Waals surface area contributed by atoms with Gasteiger partial charge in [0.05, 0.1) is 17.1 Å². The van der Waals surface area contributed by atoms with Crippen LogP contribution in [-0.2, 0) is 14.8 Å². The highest BCUT2D eigenvalue weighted by Crippen LogP contribution is 2.29. The summed E-state index contributed by atoms with van der Waals surface area (Å²) in [5, 5.41) is 3.13. The standard InChI is InChI=1S/C26H29ClN2O4S/c1-18-5-10-23(11-6-18)34(31,32)29(24-16-22(27)9-8-20(24)3)17-26(30)28-13-14-33-25-12-7-19(2)15-21(25)4/h5-12,15-16H,13-14,17H2,1-4H3,(H,28,30). The molecule has 0 unspecified atom stereocenters. The number of nitrogens with one attached hydrogen (secondary N) is 1. The average molecular weight is 501 g/mol. The number of halogens is 1. The maximum absolute atomic E-state index is 13.5. The van der Waals surface area contributed by atoms with Crippen molar-refractivity contribution in [3.05, 3.63) is 87.9 Å². The van der Waals surface area contributed by atoms with Crippen LogP contribution in [0.5, 0.6) is 5.75 Å². The zero-order valence-electron chi connectivity index (χ0n) is 19.8. The molecule has 0 aliphatic carbocycles. The maximum Gasteiger partial charge on any atom is 0.264 e. The van der Waals surface area contributed by atoms with Crippen LogP contribution >= 0.6 is 11.6 Å². The minimum Gasteiger partial charge on any atom is -0.491 e. The Balaban J connectivity index is 1.75. The van der Waals surface area contributed by atoms with E-state index in [0.29, 0.717) is 16.3 Å². The van der Waals surface area contributed by atoms with Crippen molar-refractivity contribution in [2.75, 3.05) is 24.0 Å². The number of hydrogen-bond donors (Lipinski definition) is 1. The molecule has 0 atom stereocenters. The Labute approximate surface area is 206 Å². The number of anilines is 1. The third-order valence-corrected chi connectivity index (χ3v) is 7.36. The van der Waals surface area contributed by atoms with Crippen molar-refractivity contribution in [3.8, 4) is 5.75 Å². The zero-order valence-corrected chi connectivity index (χ0v) is 21.3. The fraction of sp³-hybridized carbons (Fsp3) is 0.269. The molecule has 6 nitrogen and oxygen atoms in total. The second-order valence-electron chi connectivity index (χ2n) is 8.22. The molecule has 3 aromatic rings. The van der Waals surface area contributed by atoms with Crippen molar-refractivity contribution < 1.29 is 17.9 Å². The number of carbonyl (C=O) groups excluding carboxylic acids is 1. The first-order chi connectivity index (χ1) is 16.1. The quantitative estimate of drug-likeness (QED) is 0.421. The van der Waals surface area contributed by atoms with E-state index in [9.17, 15) is 13.2 Å². The Bertz CT molecular complexity index is 1270. The molecule has 0 spiro atoms. The van der Waals surface area contributed by atoms with Crippen molar-refractivity contribution in [1.82, 2.24) is 5.32 Å². The second kappa shape index (κ2) is 10.9. The zero-order chi connectivity index (χ0) is 24.9. The van der Waals surface area contributed by atoms with Crippen molar-refractivity contribution in [2.45, 2.75) is 32.6 Å². The minimum absolute atomic E-state index is 0.100. The van der Waals surface area contributed by atoms with Gasteiger partial charge in [-0.3, -0.25) is 9.10 Å². The summed E-state index contributed by atoms with van der Waals surface area (Å²) < 4.78 is 33.8. The van der Waals surface area contributed by atoms with E-state index in [-0.39, 0.29) is 24.6 Å². The normalized spacial score (nSPS) is 11.2. The van der Waals surface area contributed by atoms with E-state index in [1.54, 1.807) is 37.3 Å². The first-order valence-corrected chi connectivity index (χ1v) is 12.7. The number of aryl methyl sites for hydroxylation is 4. The van der Waals surface area contributed by atoms with Crippen LogP contribution in [0, 0.1) is 27.7 Å². The number of carbonyl (C=O) groups is 1. The number of amides is 1. The minimum atomic E-state index is -4.01. The third kappa shape index (κ3) is 6.30. The molecule has 0 saturated carbocycles. The van der Waals surface area contributed by atoms with Crippen LogP contribution in [-0.4, -0.2) is 34.0 Å². The number of rotatable bonds is 9. The number of hydrogen-bond acceptors (Lipinski definition) is 4. The van der Waals surface area contributed by atoms with Gasteiger partial charge in [0.15, 0.2) is 0 Å². The highest BCUT2D eigenvalue weighted by molar-refractivity contribution is 7.92. The summed E-state index contributed by atoms with van der Waals surface area (Å²) in [6.07, 6.45) is 0. The predicted octanol–water partition coefficient (Wildman–Crippen LogP) is 4.96. The van der Waals surface area contributed by atoms with E-state index in [1.807, 2.05) is 39.0 Å². The van der Waals surface area contributed by atoms with Crippen LogP contribution in [0.3, 0.4) is 0 Å². The lowest BCUT2D eigenvalue weighted by Crippen LogP contribution is -2.42. The molecule has 0 fully saturated rings. The highest BCUT2D eigenvalue weighted by Gasteiger charge is 2.28. The van der Waals surface area contributed by atoms with Crippen molar-refractivity contribution in [2.24, 2.45) is 0 Å². The Morgan fingerprint density at radius 1 is 0.912 bits per heavy atom. The van der Waals surface area contributed by atoms with E-state index >= 15 is 0 Å². The summed E-state index contributed by atoms with van der Waals surface area (Å²) in [5.41, 5.74) is 4.13. The molecule has 3 rings (SSSR count). The van der Waals surface area contributed by atoms with Crippen LogP contribution in [0.2, 0.25) is 5.02 Å². The van der Waals surface area contributed by atoms with E-state index in [4.69, 9.17) is 16.3 Å². The summed E-state index contributed by atoms with van der Waals surface area (Å²) in [6, 6.07) is 17.4. The summed E-state index contributed by atoms with van der Waals surface area (Å²) in [7, 11) is -4.01. The summed E-state index contributed by atoms with van der Waals surface area (Å²) in [5.74, 6) is 0.303. The highest BCUT2D eigenvalue weighted by atomic mass is 35.5. The second-order valence-corrected chi connectivity index (χ2v) is 10.5. The lowest BCUT2D eigenvalue weighted by Gasteiger charge is -2.26. The van der Waals surface area contributed by atoms with Gasteiger partial charge in [-0.15, -0.1) is 0 Å². The first kappa shape index (κ1) is 25.6. The molecule has 0 bridgehead atoms. The lowest BCUT2D eigenvalue weighted by molar-refractivity contribution is -0.119. The van der Waals surface area contributed by atoms with E-state index in [1.165, 1.54) is 12.1 Å². The van der Waals surface area contributed by atoms with Gasteiger partial charge >= 0.3 is 0 Å². The molecule has 1 N–H and O–H groups in total. The molecule has 0 aliphatic rings. The fourth-order valence-corrected chi connectivity index (χ4v) is 5.13. The molecular formula is C26H29ClN2O4S. The predicted molar refractivity (Wildman–Crippen MR) is 136 cm³/mol. The molecule has 0 heterocycles. The number of ether oxygens (including phenoxy) is 1. The molecule has 0 aromatic heterocycles. The van der Waals surface area contributed by atoms with Gasteiger partial charge in [-0.05, 0) is 69.2 Å². The number of nitrogens with zero attached hydrogens (tertiary/aromatic N) is 1. The molecular weight excluding hydrogens is 472 g/mol. The van der Waals surface area contributed by atoms with Gasteiger partial charge in [0.2, 0.25) is 5.91 Å². The van der Waals surface area contributed by atoms with Gasteiger partial charge in [-0.1, -0.05) is 53.1 Å². The topological polar surface area (TPSA) is 75.7 Å². The summed E-state index contributed by atoms with van der Waals surface area (Å²) in [4.78, 5) is 12.9. The van der Waals surface area contributed by atoms with Crippen LogP contribution in [0.4, 0.5) is 5.69 Å². The molecule has 0 aliphatic heterocycles. The van der Waals surface area contributed by atoms with Gasteiger partial charge in [-0.2, -0.15) is 0 Å². The van der Waals surface area contributed by atoms with Gasteiger partial charge < -0.3 is 10.1 Å². The molecule has 0 saturated heterocycles. The SMILES string of the molecule is Cc1ccc(S(=O)(=O)N(CC(=O)NCCOc2ccc(C)cc2C)c2cc(Cl)ccc2C)cc1. The molecule has 3 aromatic carbocycles. The number of benzene rings is 3. The summed E-state index contributed by atoms with van der Waals surface area (Å²) in [6.45, 7) is 7.73. The Hall–Kier alpha value is -3.03. The van der Waals surface area contributed by atoms with Gasteiger partial charge in [0.25, 0.3) is 10.0 Å². The van der Waals surface area contributed by atoms with E-state index < -0.39 is 15.9 Å². The molecule has 1 amide bonds. The van der Waals surface area contributed by atoms with Gasteiger partial charge in [-0.25, -0.2) is 8.42 Å². The maximum atomic E-state index is 13.5. The Kier molecular flexibility index (Phi) is 8.23. The van der Waals surface area contributed by atoms with Crippen molar-refractivity contribution in [1.29, 1.82) is 0 Å². The van der Waals surface area contributed by atoms with E-state index in [0.717, 1.165) is 26.7 Å². The molecule has 34 heavy (non-hydrogen) atoms. The molecule has 0 radical (unpaired) electrons. The summed E-state index contributed by atoms with van der Waals surface area (Å²) >= 11 is 6.16. The van der Waals surface area contributed by atoms with Crippen LogP contribution in [0.1, 0.15) is 22.3 Å². The Morgan fingerprint density at radius 3 is 2.26 bits per heavy atom. The molecule has 180 valence electrons. The van der Waals surface area contributed by atoms with Crippen LogP contribution in [0.25, 0.3) is 0 Å². The lowest BCUT2D eigenvalue weighted by atomic mass is 10.1. The van der Waals surface area contributed by atoms with Crippen molar-refractivity contribution >= 4 is 33.2 Å². The number of sulfonamides is 1. The average Bonchev–Trinajstić information content (AvgIpc) is 2.78. The monoisotopic (exact) mass is 500 g/mol. The fourth-order valence-electron chi connectivity index (χ4n) is 3.49. The third-order valence-electron chi connectivity index (χ3n) is 5.35. The van der Waals surface area contributed by atoms with Crippen LogP contribution in [0.15, 0.2) is 65.6 Å².